The zero-order valence-electron chi connectivity index (χ0n) is 14.7. The van der Waals surface area contributed by atoms with E-state index in [9.17, 15) is 0 Å². The van der Waals surface area contributed by atoms with Crippen molar-refractivity contribution in [2.75, 3.05) is 0 Å². The van der Waals surface area contributed by atoms with Crippen molar-refractivity contribution in [3.63, 3.8) is 0 Å². The first-order chi connectivity index (χ1) is 11.9. The summed E-state index contributed by atoms with van der Waals surface area (Å²) >= 11 is 0. The number of rotatable bonds is 4. The van der Waals surface area contributed by atoms with Gasteiger partial charge in [-0.1, -0.05) is 0 Å². The second kappa shape index (κ2) is 6.96. The molecule has 0 aliphatic heterocycles. The summed E-state index contributed by atoms with van der Waals surface area (Å²) in [5.74, 6) is 3.16. The van der Waals surface area contributed by atoms with E-state index in [1.165, 1.54) is 0 Å². The zero-order valence-corrected chi connectivity index (χ0v) is 14.7. The second-order valence-corrected chi connectivity index (χ2v) is 5.46. The smallest absolute Gasteiger partial charge is 0.240 e. The van der Waals surface area contributed by atoms with Crippen molar-refractivity contribution in [2.24, 2.45) is 0 Å². The van der Waals surface area contributed by atoms with Crippen molar-refractivity contribution in [3.05, 3.63) is 29.1 Å². The van der Waals surface area contributed by atoms with Gasteiger partial charge in [0.25, 0.3) is 14.6 Å². The van der Waals surface area contributed by atoms with Crippen LogP contribution in [0, 0.1) is 34.6 Å². The van der Waals surface area contributed by atoms with Gasteiger partial charge < -0.3 is 0 Å². The Bertz CT molecular complexity index is 820. The molecular weight excluding hydrogens is 316 g/mol. The lowest BCUT2D eigenvalue weighted by Crippen LogP contribution is -2.45. The van der Waals surface area contributed by atoms with Gasteiger partial charge in [0, 0.05) is 0 Å². The van der Waals surface area contributed by atoms with Gasteiger partial charge in [0.05, 0.1) is 22.9 Å². The highest BCUT2D eigenvalue weighted by Crippen LogP contribution is 1.85. The van der Waals surface area contributed by atoms with E-state index in [-0.39, 0.29) is 0 Å². The average Bonchev–Trinajstić information content (AvgIpc) is 2.43. The summed E-state index contributed by atoms with van der Waals surface area (Å²) in [5, 5.41) is 0. The Morgan fingerprint density at radius 3 is 0.920 bits per heavy atom. The first-order valence-corrected chi connectivity index (χ1v) is 7.68. The molecule has 0 aliphatic rings. The van der Waals surface area contributed by atoms with Gasteiger partial charge in [-0.25, -0.2) is 44.9 Å². The number of hydrogen-bond acceptors (Lipinski definition) is 9. The molecule has 0 aromatic carbocycles. The Labute approximate surface area is 146 Å². The molecule has 122 valence electrons. The number of aromatic nitrogens is 9. The van der Waals surface area contributed by atoms with E-state index in [1.54, 1.807) is 21.5 Å². The van der Waals surface area contributed by atoms with Crippen molar-refractivity contribution in [1.82, 2.24) is 44.9 Å². The Hall–Kier alpha value is -2.84. The van der Waals surface area contributed by atoms with Crippen molar-refractivity contribution in [2.45, 2.75) is 34.6 Å². The quantitative estimate of drug-likeness (QED) is 0.464. The van der Waals surface area contributed by atoms with Gasteiger partial charge in [-0.15, -0.1) is 0 Å². The minimum absolute atomic E-state index is 0.464. The monoisotopic (exact) mass is 331 g/mol. The lowest BCUT2D eigenvalue weighted by molar-refractivity contribution is 0.946. The molecule has 0 saturated carbocycles. The summed E-state index contributed by atoms with van der Waals surface area (Å²) in [6.07, 6.45) is 0. The molecule has 11 heteroatoms. The first kappa shape index (κ1) is 17.0. The summed E-state index contributed by atoms with van der Waals surface area (Å²) in [7, 11) is 3.38. The normalized spacial score (nSPS) is 10.6. The molecule has 3 rings (SSSR count). The Morgan fingerprint density at radius 1 is 0.360 bits per heavy atom. The summed E-state index contributed by atoms with van der Waals surface area (Å²) in [6.45, 7) is 9.06. The van der Waals surface area contributed by atoms with E-state index in [0.717, 1.165) is 0 Å². The molecule has 2 radical (unpaired) electrons. The van der Waals surface area contributed by atoms with Crippen LogP contribution in [0.2, 0.25) is 0 Å². The fourth-order valence-electron chi connectivity index (χ4n) is 2.29. The van der Waals surface area contributed by atoms with Gasteiger partial charge in [0.1, 0.15) is 29.1 Å². The van der Waals surface area contributed by atoms with Crippen LogP contribution >= 0.6 is 0 Å². The Morgan fingerprint density at radius 2 is 0.600 bits per heavy atom. The van der Waals surface area contributed by atoms with Crippen molar-refractivity contribution < 1.29 is 0 Å². The minimum atomic E-state index is 0.464. The molecule has 3 heterocycles. The van der Waals surface area contributed by atoms with Crippen LogP contribution in [0.25, 0.3) is 0 Å². The van der Waals surface area contributed by atoms with E-state index in [0.29, 0.717) is 52.0 Å². The van der Waals surface area contributed by atoms with Gasteiger partial charge in [0.15, 0.2) is 0 Å². The van der Waals surface area contributed by atoms with Crippen molar-refractivity contribution >= 4 is 37.5 Å². The van der Waals surface area contributed by atoms with Gasteiger partial charge >= 0.3 is 0 Å². The van der Waals surface area contributed by atoms with Gasteiger partial charge in [-0.2, -0.15) is 0 Å². The third kappa shape index (κ3) is 4.59. The molecule has 9 nitrogen and oxygen atoms in total. The number of aryl methyl sites for hydroxylation is 5. The van der Waals surface area contributed by atoms with Gasteiger partial charge in [0.2, 0.25) is 0 Å². The maximum Gasteiger partial charge on any atom is 0.295 e. The molecule has 0 fully saturated rings. The van der Waals surface area contributed by atoms with E-state index < -0.39 is 0 Å². The van der Waals surface area contributed by atoms with Crippen LogP contribution in [0.4, 0.5) is 0 Å². The lowest BCUT2D eigenvalue weighted by atomic mass is 9.73. The summed E-state index contributed by atoms with van der Waals surface area (Å²) < 4.78 is 0. The van der Waals surface area contributed by atoms with Crippen LogP contribution in [0.1, 0.15) is 29.1 Å². The topological polar surface area (TPSA) is 116 Å². The first-order valence-electron chi connectivity index (χ1n) is 7.68. The molecule has 0 atom stereocenters. The largest absolute Gasteiger partial charge is 0.295 e. The molecular formula is C14H15B2N9. The molecule has 0 bridgehead atoms. The molecule has 0 N–H and O–H groups in total. The van der Waals surface area contributed by atoms with E-state index >= 15 is 0 Å². The highest BCUT2D eigenvalue weighted by molar-refractivity contribution is 6.66. The zero-order chi connectivity index (χ0) is 18.0. The standard InChI is InChI=1S/C14H15B2N9/c1-6-17-7(2)20-11(19-6)15-13-23-10(5)24-14(25-13)16-12-21-8(3)18-9(4)22-12/h1-5H3. The van der Waals surface area contributed by atoms with Crippen molar-refractivity contribution in [3.8, 4) is 0 Å². The highest BCUT2D eigenvalue weighted by atomic mass is 15.0. The number of nitrogens with zero attached hydrogens (tertiary/aromatic N) is 9. The predicted octanol–water partition coefficient (Wildman–Crippen LogP) is -2.91. The number of hydrogen-bond donors (Lipinski definition) is 0. The Balaban J connectivity index is 1.87. The maximum absolute atomic E-state index is 4.41. The molecule has 3 aromatic rings. The highest BCUT2D eigenvalue weighted by Gasteiger charge is 2.13. The fourth-order valence-corrected chi connectivity index (χ4v) is 2.29. The summed E-state index contributed by atoms with van der Waals surface area (Å²) in [6, 6.07) is 0. The Kier molecular flexibility index (Phi) is 4.73. The molecule has 0 amide bonds. The van der Waals surface area contributed by atoms with Crippen molar-refractivity contribution in [1.29, 1.82) is 0 Å². The molecule has 0 saturated heterocycles. The van der Waals surface area contributed by atoms with E-state index in [4.69, 9.17) is 0 Å². The maximum atomic E-state index is 4.41. The van der Waals surface area contributed by atoms with Crippen LogP contribution in [-0.2, 0) is 0 Å². The minimum Gasteiger partial charge on any atom is -0.240 e. The molecule has 0 aliphatic carbocycles. The molecule has 0 spiro atoms. The van der Waals surface area contributed by atoms with Crippen LogP contribution in [0.5, 0.6) is 0 Å². The summed E-state index contributed by atoms with van der Waals surface area (Å²) in [5.41, 5.74) is 1.94. The molecule has 25 heavy (non-hydrogen) atoms. The average molecular weight is 331 g/mol. The van der Waals surface area contributed by atoms with Crippen LogP contribution in [-0.4, -0.2) is 59.4 Å². The fraction of sp³-hybridized carbons (Fsp3) is 0.357. The van der Waals surface area contributed by atoms with E-state index in [1.807, 2.05) is 27.7 Å². The van der Waals surface area contributed by atoms with Crippen LogP contribution in [0.15, 0.2) is 0 Å². The second-order valence-electron chi connectivity index (χ2n) is 5.46. The van der Waals surface area contributed by atoms with E-state index in [2.05, 4.69) is 44.9 Å². The van der Waals surface area contributed by atoms with Crippen LogP contribution < -0.4 is 22.9 Å². The SMILES string of the molecule is Cc1nc(C)nc([B]c2nc(C)nc([B]c3nc(C)nc(C)n3)n2)n1. The lowest BCUT2D eigenvalue weighted by Gasteiger charge is -2.05. The third-order valence-electron chi connectivity index (χ3n) is 3.05. The van der Waals surface area contributed by atoms with Crippen LogP contribution in [0.3, 0.4) is 0 Å². The van der Waals surface area contributed by atoms with Gasteiger partial charge in [-0.3, -0.25) is 0 Å². The molecule has 0 unspecified atom stereocenters. The predicted molar refractivity (Wildman–Crippen MR) is 93.2 cm³/mol. The summed E-state index contributed by atoms with van der Waals surface area (Å²) in [4.78, 5) is 38.5. The van der Waals surface area contributed by atoms with Gasteiger partial charge in [-0.05, 0) is 34.6 Å². The molecule has 3 aromatic heterocycles. The third-order valence-corrected chi connectivity index (χ3v) is 3.05.